The van der Waals surface area contributed by atoms with Crippen molar-refractivity contribution in [2.24, 2.45) is 0 Å². The second kappa shape index (κ2) is 8.85. The lowest BCUT2D eigenvalue weighted by Crippen LogP contribution is -2.49. The first-order valence-corrected chi connectivity index (χ1v) is 7.29. The van der Waals surface area contributed by atoms with Crippen molar-refractivity contribution in [1.82, 2.24) is 10.2 Å². The van der Waals surface area contributed by atoms with Crippen LogP contribution in [0.3, 0.4) is 0 Å². The van der Waals surface area contributed by atoms with E-state index in [4.69, 9.17) is 0 Å². The first kappa shape index (κ1) is 19.7. The Hall–Kier alpha value is -0.330. The Morgan fingerprint density at radius 2 is 1.80 bits per heavy atom. The first-order valence-electron chi connectivity index (χ1n) is 7.29. The van der Waals surface area contributed by atoms with Crippen LogP contribution in [-0.2, 0) is 0 Å². The SMILES string of the molecule is CCCN(CCCC(C)(CO)NC(C)C)CC(F)(F)F. The van der Waals surface area contributed by atoms with Gasteiger partial charge in [0.15, 0.2) is 0 Å². The van der Waals surface area contributed by atoms with E-state index < -0.39 is 18.3 Å². The van der Waals surface area contributed by atoms with Crippen LogP contribution in [0.25, 0.3) is 0 Å². The Labute approximate surface area is 120 Å². The van der Waals surface area contributed by atoms with Crippen LogP contribution in [0.5, 0.6) is 0 Å². The van der Waals surface area contributed by atoms with Crippen molar-refractivity contribution in [3.05, 3.63) is 0 Å². The van der Waals surface area contributed by atoms with Crippen molar-refractivity contribution in [3.8, 4) is 0 Å². The lowest BCUT2D eigenvalue weighted by atomic mass is 9.95. The Morgan fingerprint density at radius 3 is 2.20 bits per heavy atom. The molecule has 6 heteroatoms. The van der Waals surface area contributed by atoms with Gasteiger partial charge in [0.25, 0.3) is 0 Å². The Kier molecular flexibility index (Phi) is 8.70. The molecular weight excluding hydrogens is 269 g/mol. The topological polar surface area (TPSA) is 35.5 Å². The third-order valence-corrected chi connectivity index (χ3v) is 3.13. The van der Waals surface area contributed by atoms with Crippen molar-refractivity contribution in [1.29, 1.82) is 0 Å². The molecular formula is C14H29F3N2O. The van der Waals surface area contributed by atoms with Gasteiger partial charge in [-0.25, -0.2) is 0 Å². The molecule has 0 fully saturated rings. The van der Waals surface area contributed by atoms with Gasteiger partial charge in [-0.05, 0) is 39.3 Å². The zero-order valence-corrected chi connectivity index (χ0v) is 13.1. The summed E-state index contributed by atoms with van der Waals surface area (Å²) in [7, 11) is 0. The third kappa shape index (κ3) is 9.55. The average Bonchev–Trinajstić information content (AvgIpc) is 2.26. The largest absolute Gasteiger partial charge is 0.401 e. The molecule has 0 saturated carbocycles. The highest BCUT2D eigenvalue weighted by Gasteiger charge is 2.30. The molecule has 3 nitrogen and oxygen atoms in total. The minimum absolute atomic E-state index is 0.0156. The molecule has 0 amide bonds. The van der Waals surface area contributed by atoms with Crippen LogP contribution in [-0.4, -0.2) is 54.0 Å². The first-order chi connectivity index (χ1) is 9.12. The average molecular weight is 298 g/mol. The molecule has 0 aromatic carbocycles. The quantitative estimate of drug-likeness (QED) is 0.651. The molecule has 0 aliphatic heterocycles. The smallest absolute Gasteiger partial charge is 0.394 e. The van der Waals surface area contributed by atoms with Crippen molar-refractivity contribution < 1.29 is 18.3 Å². The minimum Gasteiger partial charge on any atom is -0.394 e. The molecule has 0 rings (SSSR count). The van der Waals surface area contributed by atoms with E-state index in [9.17, 15) is 18.3 Å². The molecule has 0 aliphatic rings. The van der Waals surface area contributed by atoms with Gasteiger partial charge in [0, 0.05) is 11.6 Å². The van der Waals surface area contributed by atoms with Gasteiger partial charge < -0.3 is 10.4 Å². The summed E-state index contributed by atoms with van der Waals surface area (Å²) in [6.07, 6.45) is -2.16. The van der Waals surface area contributed by atoms with E-state index in [0.29, 0.717) is 32.4 Å². The van der Waals surface area contributed by atoms with E-state index in [0.717, 1.165) is 0 Å². The molecule has 0 saturated heterocycles. The zero-order chi connectivity index (χ0) is 15.8. The summed E-state index contributed by atoms with van der Waals surface area (Å²) in [5.74, 6) is 0. The van der Waals surface area contributed by atoms with Gasteiger partial charge in [-0.15, -0.1) is 0 Å². The van der Waals surface area contributed by atoms with Crippen LogP contribution in [0.1, 0.15) is 47.0 Å². The van der Waals surface area contributed by atoms with E-state index >= 15 is 0 Å². The maximum atomic E-state index is 12.4. The Bertz CT molecular complexity index is 259. The summed E-state index contributed by atoms with van der Waals surface area (Å²) in [6.45, 7) is 7.74. The number of hydrogen-bond donors (Lipinski definition) is 2. The Morgan fingerprint density at radius 1 is 1.20 bits per heavy atom. The summed E-state index contributed by atoms with van der Waals surface area (Å²) in [5, 5.41) is 12.7. The fourth-order valence-corrected chi connectivity index (χ4v) is 2.43. The molecule has 2 N–H and O–H groups in total. The molecule has 0 heterocycles. The number of alkyl halides is 3. The second-order valence-electron chi connectivity index (χ2n) is 6.01. The number of nitrogens with zero attached hydrogens (tertiary/aromatic N) is 1. The van der Waals surface area contributed by atoms with Crippen LogP contribution in [0, 0.1) is 0 Å². The molecule has 0 radical (unpaired) electrons. The zero-order valence-electron chi connectivity index (χ0n) is 13.1. The van der Waals surface area contributed by atoms with Crippen LogP contribution in [0.2, 0.25) is 0 Å². The summed E-state index contributed by atoms with van der Waals surface area (Å²) < 4.78 is 37.3. The molecule has 1 unspecified atom stereocenters. The van der Waals surface area contributed by atoms with Gasteiger partial charge in [0.1, 0.15) is 0 Å². The minimum atomic E-state index is -4.15. The maximum Gasteiger partial charge on any atom is 0.401 e. The highest BCUT2D eigenvalue weighted by molar-refractivity contribution is 4.84. The van der Waals surface area contributed by atoms with Crippen LogP contribution < -0.4 is 5.32 Å². The van der Waals surface area contributed by atoms with Crippen molar-refractivity contribution >= 4 is 0 Å². The molecule has 1 atom stereocenters. The molecule has 20 heavy (non-hydrogen) atoms. The summed E-state index contributed by atoms with van der Waals surface area (Å²) in [6, 6.07) is 0.231. The van der Waals surface area contributed by atoms with Crippen LogP contribution >= 0.6 is 0 Å². The number of nitrogens with one attached hydrogen (secondary N) is 1. The molecule has 0 aliphatic carbocycles. The van der Waals surface area contributed by atoms with E-state index in [-0.39, 0.29) is 12.6 Å². The predicted molar refractivity (Wildman–Crippen MR) is 75.8 cm³/mol. The van der Waals surface area contributed by atoms with Crippen molar-refractivity contribution in [2.45, 2.75) is 64.7 Å². The van der Waals surface area contributed by atoms with Crippen LogP contribution in [0.4, 0.5) is 13.2 Å². The van der Waals surface area contributed by atoms with E-state index in [1.54, 1.807) is 0 Å². The third-order valence-electron chi connectivity index (χ3n) is 3.13. The number of aliphatic hydroxyl groups excluding tert-OH is 1. The lowest BCUT2D eigenvalue weighted by Gasteiger charge is -2.32. The fourth-order valence-electron chi connectivity index (χ4n) is 2.43. The summed E-state index contributed by atoms with van der Waals surface area (Å²) in [5.41, 5.74) is -0.426. The summed E-state index contributed by atoms with van der Waals surface area (Å²) >= 11 is 0. The normalized spacial score (nSPS) is 15.9. The van der Waals surface area contributed by atoms with E-state index in [1.165, 1.54) is 4.90 Å². The molecule has 122 valence electrons. The van der Waals surface area contributed by atoms with Gasteiger partial charge in [-0.2, -0.15) is 13.2 Å². The van der Waals surface area contributed by atoms with Gasteiger partial charge >= 0.3 is 6.18 Å². The maximum absolute atomic E-state index is 12.4. The van der Waals surface area contributed by atoms with Gasteiger partial charge in [0.2, 0.25) is 0 Å². The van der Waals surface area contributed by atoms with Crippen molar-refractivity contribution in [3.63, 3.8) is 0 Å². The number of halogens is 3. The highest BCUT2D eigenvalue weighted by atomic mass is 19.4. The fraction of sp³-hybridized carbons (Fsp3) is 1.00. The number of aliphatic hydroxyl groups is 1. The monoisotopic (exact) mass is 298 g/mol. The molecule has 0 spiro atoms. The van der Waals surface area contributed by atoms with Crippen LogP contribution in [0.15, 0.2) is 0 Å². The second-order valence-corrected chi connectivity index (χ2v) is 6.01. The van der Waals surface area contributed by atoms with Gasteiger partial charge in [-0.1, -0.05) is 20.8 Å². The lowest BCUT2D eigenvalue weighted by molar-refractivity contribution is -0.146. The van der Waals surface area contributed by atoms with E-state index in [1.807, 2.05) is 27.7 Å². The standard InChI is InChI=1S/C14H29F3N2O/c1-5-8-19(10-14(15,16)17)9-6-7-13(4,11-20)18-12(2)3/h12,18,20H,5-11H2,1-4H3. The molecule has 0 aromatic heterocycles. The van der Waals surface area contributed by atoms with Gasteiger partial charge in [-0.3, -0.25) is 4.90 Å². The van der Waals surface area contributed by atoms with Crippen molar-refractivity contribution in [2.75, 3.05) is 26.2 Å². The summed E-state index contributed by atoms with van der Waals surface area (Å²) in [4.78, 5) is 1.44. The van der Waals surface area contributed by atoms with Gasteiger partial charge in [0.05, 0.1) is 13.2 Å². The predicted octanol–water partition coefficient (Wildman–Crippen LogP) is 2.79. The molecule has 0 bridgehead atoms. The number of rotatable bonds is 10. The molecule has 0 aromatic rings. The highest BCUT2D eigenvalue weighted by Crippen LogP contribution is 2.18. The number of hydrogen-bond acceptors (Lipinski definition) is 3. The van der Waals surface area contributed by atoms with E-state index in [2.05, 4.69) is 5.32 Å². The Balaban J connectivity index is 4.27.